The first kappa shape index (κ1) is 12.7. The van der Waals surface area contributed by atoms with Crippen LogP contribution in [-0.4, -0.2) is 13.3 Å². The molecule has 1 nitrogen and oxygen atoms in total. The van der Waals surface area contributed by atoms with E-state index in [1.165, 1.54) is 0 Å². The van der Waals surface area contributed by atoms with Gasteiger partial charge in [-0.2, -0.15) is 26.3 Å². The number of halogens is 6. The largest absolute Gasteiger partial charge is 0.484 e. The Morgan fingerprint density at radius 2 is 1.31 bits per heavy atom. The third-order valence-electron chi connectivity index (χ3n) is 1.96. The molecule has 1 aromatic carbocycles. The molecule has 0 N–H and O–H groups in total. The second-order valence-corrected chi connectivity index (χ2v) is 3.07. The Kier molecular flexibility index (Phi) is 3.07. The molecular weight excluding hydrogens is 236 g/mol. The van der Waals surface area contributed by atoms with Crippen molar-refractivity contribution in [2.75, 3.05) is 11.9 Å². The van der Waals surface area contributed by atoms with Gasteiger partial charge in [0.2, 0.25) is 0 Å². The molecule has 0 bridgehead atoms. The highest BCUT2D eigenvalue weighted by molar-refractivity contribution is 5.47. The van der Waals surface area contributed by atoms with E-state index in [-0.39, 0.29) is 10.6 Å². The van der Waals surface area contributed by atoms with Crippen LogP contribution in [0.1, 0.15) is 5.56 Å². The fourth-order valence-electron chi connectivity index (χ4n) is 1.02. The number of hydrogen-bond acceptors (Lipinski definition) is 1. The Bertz CT molecular complexity index is 350. The zero-order chi connectivity index (χ0) is 12.6. The van der Waals surface area contributed by atoms with E-state index in [2.05, 4.69) is 0 Å². The maximum atomic E-state index is 12.2. The summed E-state index contributed by atoms with van der Waals surface area (Å²) in [7, 11) is 0.739. The van der Waals surface area contributed by atoms with Crippen molar-refractivity contribution in [3.05, 3.63) is 29.8 Å². The molecule has 0 saturated heterocycles. The van der Waals surface area contributed by atoms with Gasteiger partial charge in [-0.05, 0) is 24.3 Å². The van der Waals surface area contributed by atoms with Crippen molar-refractivity contribution in [2.24, 2.45) is 0 Å². The van der Waals surface area contributed by atoms with Gasteiger partial charge in [-0.25, -0.2) is 0 Å². The van der Waals surface area contributed by atoms with Gasteiger partial charge >= 0.3 is 12.5 Å². The molecule has 1 aromatic rings. The summed E-state index contributed by atoms with van der Waals surface area (Å²) < 4.78 is 72.9. The van der Waals surface area contributed by atoms with E-state index in [0.29, 0.717) is 12.1 Å². The average Bonchev–Trinajstić information content (AvgIpc) is 2.14. The van der Waals surface area contributed by atoms with Gasteiger partial charge < -0.3 is 0 Å². The molecule has 90 valence electrons. The highest BCUT2D eigenvalue weighted by Crippen LogP contribution is 2.32. The van der Waals surface area contributed by atoms with Crippen LogP contribution in [0.3, 0.4) is 0 Å². The average molecular weight is 243 g/mol. The van der Waals surface area contributed by atoms with Crippen molar-refractivity contribution in [3.8, 4) is 0 Å². The molecular formula is C9H7F6N. The predicted octanol–water partition coefficient (Wildman–Crippen LogP) is 3.66. The summed E-state index contributed by atoms with van der Waals surface area (Å²) in [5.41, 5.74) is -1.33. The Morgan fingerprint density at radius 3 is 1.62 bits per heavy atom. The summed E-state index contributed by atoms with van der Waals surface area (Å²) in [5.74, 6) is 0. The smallest absolute Gasteiger partial charge is 0.287 e. The molecule has 0 saturated carbocycles. The Hall–Kier alpha value is -1.40. The Balaban J connectivity index is 2.96. The lowest BCUT2D eigenvalue weighted by Crippen LogP contribution is -2.33. The fourth-order valence-corrected chi connectivity index (χ4v) is 1.02. The minimum absolute atomic E-state index is 0.0623. The number of hydrogen-bond donors (Lipinski definition) is 0. The Morgan fingerprint density at radius 1 is 0.875 bits per heavy atom. The summed E-state index contributed by atoms with van der Waals surface area (Å²) in [6.45, 7) is 0. The van der Waals surface area contributed by atoms with Crippen LogP contribution in [0.5, 0.6) is 0 Å². The molecule has 0 heterocycles. The standard InChI is InChI=1S/C9H7F6N/c1-16(9(13,14)15)7-4-2-6(3-5-7)8(10,11)12/h2-5H,1H3. The first-order valence-electron chi connectivity index (χ1n) is 4.10. The normalized spacial score (nSPS) is 12.7. The number of anilines is 1. The van der Waals surface area contributed by atoms with Gasteiger partial charge in [-0.1, -0.05) is 0 Å². The fraction of sp³-hybridized carbons (Fsp3) is 0.333. The van der Waals surface area contributed by atoms with E-state index in [0.717, 1.165) is 19.2 Å². The number of benzene rings is 1. The zero-order valence-electron chi connectivity index (χ0n) is 8.02. The third kappa shape index (κ3) is 2.80. The van der Waals surface area contributed by atoms with E-state index in [9.17, 15) is 26.3 Å². The van der Waals surface area contributed by atoms with E-state index >= 15 is 0 Å². The summed E-state index contributed by atoms with van der Waals surface area (Å²) in [6.07, 6.45) is -9.16. The first-order chi connectivity index (χ1) is 7.12. The maximum Gasteiger partial charge on any atom is 0.484 e. The minimum atomic E-state index is -4.61. The molecule has 7 heteroatoms. The molecule has 0 radical (unpaired) electrons. The number of alkyl halides is 6. The van der Waals surface area contributed by atoms with E-state index in [1.54, 1.807) is 0 Å². The first-order valence-corrected chi connectivity index (χ1v) is 4.10. The molecule has 0 amide bonds. The van der Waals surface area contributed by atoms with Crippen LogP contribution in [0, 0.1) is 0 Å². The molecule has 0 atom stereocenters. The van der Waals surface area contributed by atoms with Crippen molar-refractivity contribution in [1.82, 2.24) is 0 Å². The van der Waals surface area contributed by atoms with Crippen molar-refractivity contribution in [1.29, 1.82) is 0 Å². The lowest BCUT2D eigenvalue weighted by Gasteiger charge is -2.22. The van der Waals surface area contributed by atoms with Gasteiger partial charge in [0.1, 0.15) is 0 Å². The van der Waals surface area contributed by atoms with E-state index < -0.39 is 18.0 Å². The van der Waals surface area contributed by atoms with Crippen LogP contribution in [0.15, 0.2) is 24.3 Å². The molecule has 0 aromatic heterocycles. The van der Waals surface area contributed by atoms with Crippen molar-refractivity contribution >= 4 is 5.69 Å². The summed E-state index contributed by atoms with van der Waals surface area (Å²) in [4.78, 5) is -0.0623. The topological polar surface area (TPSA) is 3.24 Å². The monoisotopic (exact) mass is 243 g/mol. The summed E-state index contributed by atoms with van der Waals surface area (Å²) >= 11 is 0. The molecule has 0 fully saturated rings. The molecule has 1 rings (SSSR count). The summed E-state index contributed by atoms with van der Waals surface area (Å²) in [6, 6.07) is 2.77. The van der Waals surface area contributed by atoms with Crippen molar-refractivity contribution in [3.63, 3.8) is 0 Å². The van der Waals surface area contributed by atoms with E-state index in [4.69, 9.17) is 0 Å². The third-order valence-corrected chi connectivity index (χ3v) is 1.96. The molecule has 0 aliphatic heterocycles. The molecule has 0 spiro atoms. The highest BCUT2D eigenvalue weighted by atomic mass is 19.4. The predicted molar refractivity (Wildman–Crippen MR) is 45.9 cm³/mol. The van der Waals surface area contributed by atoms with Crippen LogP contribution in [0.2, 0.25) is 0 Å². The lowest BCUT2D eigenvalue weighted by molar-refractivity contribution is -0.137. The van der Waals surface area contributed by atoms with Crippen LogP contribution in [0.25, 0.3) is 0 Å². The van der Waals surface area contributed by atoms with E-state index in [1.807, 2.05) is 0 Å². The zero-order valence-corrected chi connectivity index (χ0v) is 8.02. The van der Waals surface area contributed by atoms with Gasteiger partial charge in [-0.3, -0.25) is 4.90 Å². The Labute approximate surface area is 87.3 Å². The van der Waals surface area contributed by atoms with Crippen molar-refractivity contribution in [2.45, 2.75) is 12.5 Å². The number of rotatable bonds is 1. The van der Waals surface area contributed by atoms with Crippen LogP contribution in [0.4, 0.5) is 32.0 Å². The van der Waals surface area contributed by atoms with Crippen LogP contribution < -0.4 is 4.90 Å². The molecule has 0 unspecified atom stereocenters. The minimum Gasteiger partial charge on any atom is -0.287 e. The van der Waals surface area contributed by atoms with Gasteiger partial charge in [0.15, 0.2) is 0 Å². The van der Waals surface area contributed by atoms with Crippen molar-refractivity contribution < 1.29 is 26.3 Å². The maximum absolute atomic E-state index is 12.2. The van der Waals surface area contributed by atoms with Crippen LogP contribution >= 0.6 is 0 Å². The SMILES string of the molecule is CN(c1ccc(C(F)(F)F)cc1)C(F)(F)F. The lowest BCUT2D eigenvalue weighted by atomic mass is 10.2. The van der Waals surface area contributed by atoms with Crippen LogP contribution in [-0.2, 0) is 6.18 Å². The van der Waals surface area contributed by atoms with Gasteiger partial charge in [0.25, 0.3) is 0 Å². The van der Waals surface area contributed by atoms with Gasteiger partial charge in [-0.15, -0.1) is 0 Å². The quantitative estimate of drug-likeness (QED) is 0.537. The molecule has 0 aliphatic carbocycles. The molecule has 16 heavy (non-hydrogen) atoms. The van der Waals surface area contributed by atoms with Gasteiger partial charge in [0, 0.05) is 12.7 Å². The second-order valence-electron chi connectivity index (χ2n) is 3.07. The molecule has 0 aliphatic rings. The van der Waals surface area contributed by atoms with Gasteiger partial charge in [0.05, 0.1) is 5.56 Å². The number of nitrogens with zero attached hydrogens (tertiary/aromatic N) is 1. The summed E-state index contributed by atoms with van der Waals surface area (Å²) in [5, 5.41) is 0. The second kappa shape index (κ2) is 3.88. The highest BCUT2D eigenvalue weighted by Gasteiger charge is 2.35.